The smallest absolute Gasteiger partial charge is 0.160 e. The van der Waals surface area contributed by atoms with E-state index in [0.29, 0.717) is 5.88 Å². The molecule has 4 nitrogen and oxygen atoms in total. The van der Waals surface area contributed by atoms with Gasteiger partial charge in [-0.05, 0) is 24.3 Å². The number of hydrogen-bond acceptors (Lipinski definition) is 2. The maximum Gasteiger partial charge on any atom is 0.160 e. The first kappa shape index (κ1) is 14.5. The van der Waals surface area contributed by atoms with Crippen LogP contribution in [0.2, 0.25) is 0 Å². The fourth-order valence-electron chi connectivity index (χ4n) is 3.52. The molecule has 0 amide bonds. The van der Waals surface area contributed by atoms with E-state index in [0.717, 1.165) is 22.1 Å². The molecule has 5 heteroatoms. The summed E-state index contributed by atoms with van der Waals surface area (Å²) in [5.74, 6) is 0.379. The van der Waals surface area contributed by atoms with Crippen LogP contribution in [-0.4, -0.2) is 25.4 Å². The molecule has 0 N–H and O–H groups in total. The van der Waals surface area contributed by atoms with Gasteiger partial charge in [0, 0.05) is 10.8 Å². The van der Waals surface area contributed by atoms with Gasteiger partial charge in [0.05, 0.1) is 16.9 Å². The lowest BCUT2D eigenvalue weighted by Crippen LogP contribution is -2.22. The van der Waals surface area contributed by atoms with Crippen molar-refractivity contribution >= 4 is 44.4 Å². The van der Waals surface area contributed by atoms with Gasteiger partial charge < -0.3 is 4.57 Å². The predicted molar refractivity (Wildman–Crippen MR) is 102 cm³/mol. The quantitative estimate of drug-likeness (QED) is 0.439. The zero-order valence-electron chi connectivity index (χ0n) is 13.4. The average molecular weight is 347 g/mol. The second-order valence-electron chi connectivity index (χ2n) is 6.05. The van der Waals surface area contributed by atoms with Crippen LogP contribution in [0.25, 0.3) is 32.8 Å². The summed E-state index contributed by atoms with van der Waals surface area (Å²) in [5, 5.41) is 11.7. The molecule has 0 aliphatic carbocycles. The Labute approximate surface area is 149 Å². The number of hydrogen-bond donors (Lipinski definition) is 0. The number of halogens is 1. The molecule has 0 aliphatic heterocycles. The molecule has 0 fully saturated rings. The van der Waals surface area contributed by atoms with Crippen molar-refractivity contribution in [2.75, 3.05) is 5.88 Å². The molecule has 25 heavy (non-hydrogen) atoms. The Morgan fingerprint density at radius 3 is 1.72 bits per heavy atom. The molecule has 5 aromatic rings. The molecule has 0 aliphatic rings. The van der Waals surface area contributed by atoms with Gasteiger partial charge >= 0.3 is 0 Å². The maximum absolute atomic E-state index is 6.40. The zero-order valence-corrected chi connectivity index (χ0v) is 14.1. The number of rotatable bonds is 3. The van der Waals surface area contributed by atoms with Gasteiger partial charge in [-0.1, -0.05) is 48.5 Å². The first-order valence-corrected chi connectivity index (χ1v) is 8.75. The normalized spacial score (nSPS) is 13.0. The molecule has 1 unspecified atom stereocenters. The van der Waals surface area contributed by atoms with E-state index in [2.05, 4.69) is 63.3 Å². The minimum Gasteiger partial charge on any atom is -0.315 e. The number of alkyl halides is 1. The largest absolute Gasteiger partial charge is 0.315 e. The molecule has 3 aromatic carbocycles. The van der Waals surface area contributed by atoms with E-state index >= 15 is 0 Å². The predicted octanol–water partition coefficient (Wildman–Crippen LogP) is 4.82. The summed E-state index contributed by atoms with van der Waals surface area (Å²) in [6.07, 6.45) is -0.195. The van der Waals surface area contributed by atoms with Crippen LogP contribution < -0.4 is 0 Å². The molecule has 2 heterocycles. The van der Waals surface area contributed by atoms with E-state index in [9.17, 15) is 0 Å². The first-order chi connectivity index (χ1) is 12.4. The Bertz CT molecular complexity index is 1120. The zero-order chi connectivity index (χ0) is 16.8. The first-order valence-electron chi connectivity index (χ1n) is 8.22. The summed E-state index contributed by atoms with van der Waals surface area (Å²) in [6.45, 7) is 0. The summed E-state index contributed by atoms with van der Waals surface area (Å²) in [4.78, 5) is 1.73. The van der Waals surface area contributed by atoms with Crippen LogP contribution in [0.1, 0.15) is 6.17 Å². The Kier molecular flexibility index (Phi) is 3.25. The van der Waals surface area contributed by atoms with Gasteiger partial charge in [0.25, 0.3) is 0 Å². The molecule has 2 aromatic heterocycles. The Hall–Kier alpha value is -2.85. The third-order valence-electron chi connectivity index (χ3n) is 4.62. The van der Waals surface area contributed by atoms with Gasteiger partial charge in [0.15, 0.2) is 6.17 Å². The van der Waals surface area contributed by atoms with Gasteiger partial charge in [-0.25, -0.2) is 0 Å². The second kappa shape index (κ2) is 5.60. The lowest BCUT2D eigenvalue weighted by molar-refractivity contribution is 0.406. The molecule has 1 atom stereocenters. The molecule has 0 radical (unpaired) electrons. The molecule has 122 valence electrons. The molecule has 5 rings (SSSR count). The second-order valence-corrected chi connectivity index (χ2v) is 6.36. The standard InChI is InChI=1S/C20H15ClN4/c21-13-20(25-22-16-9-3-4-10-17(16)23-25)24-18-11-5-1-7-14(18)15-8-2-6-12-19(15)24/h1-12,20H,13H2. The summed E-state index contributed by atoms with van der Waals surface area (Å²) in [7, 11) is 0. The van der Waals surface area contributed by atoms with Crippen molar-refractivity contribution in [3.8, 4) is 0 Å². The monoisotopic (exact) mass is 346 g/mol. The van der Waals surface area contributed by atoms with Crippen molar-refractivity contribution in [2.24, 2.45) is 0 Å². The van der Waals surface area contributed by atoms with Gasteiger partial charge in [-0.15, -0.1) is 11.6 Å². The third kappa shape index (κ3) is 2.14. The summed E-state index contributed by atoms with van der Waals surface area (Å²) < 4.78 is 2.23. The number of aromatic nitrogens is 4. The van der Waals surface area contributed by atoms with Crippen LogP contribution in [0.5, 0.6) is 0 Å². The van der Waals surface area contributed by atoms with Crippen molar-refractivity contribution in [1.29, 1.82) is 0 Å². The highest BCUT2D eigenvalue weighted by atomic mass is 35.5. The van der Waals surface area contributed by atoms with Crippen LogP contribution >= 0.6 is 11.6 Å². The molecule has 0 saturated carbocycles. The van der Waals surface area contributed by atoms with Gasteiger partial charge in [0.1, 0.15) is 11.0 Å². The van der Waals surface area contributed by atoms with E-state index in [1.165, 1.54) is 10.8 Å². The Morgan fingerprint density at radius 2 is 1.20 bits per heavy atom. The maximum atomic E-state index is 6.40. The minimum absolute atomic E-state index is 0.195. The van der Waals surface area contributed by atoms with Crippen molar-refractivity contribution < 1.29 is 0 Å². The van der Waals surface area contributed by atoms with Gasteiger partial charge in [-0.3, -0.25) is 0 Å². The molecule has 0 spiro atoms. The van der Waals surface area contributed by atoms with E-state index in [1.807, 2.05) is 24.3 Å². The third-order valence-corrected chi connectivity index (χ3v) is 4.90. The van der Waals surface area contributed by atoms with Gasteiger partial charge in [-0.2, -0.15) is 15.0 Å². The van der Waals surface area contributed by atoms with Crippen LogP contribution in [0.3, 0.4) is 0 Å². The van der Waals surface area contributed by atoms with Gasteiger partial charge in [0.2, 0.25) is 0 Å². The van der Waals surface area contributed by atoms with Crippen molar-refractivity contribution in [1.82, 2.24) is 19.6 Å². The Morgan fingerprint density at radius 1 is 0.720 bits per heavy atom. The number of nitrogens with zero attached hydrogens (tertiary/aromatic N) is 4. The SMILES string of the molecule is ClCC(n1nc2ccccc2n1)n1c2ccccc2c2ccccc21. The highest BCUT2D eigenvalue weighted by Gasteiger charge is 2.21. The van der Waals surface area contributed by atoms with Crippen LogP contribution in [0.15, 0.2) is 72.8 Å². The number of benzene rings is 3. The lowest BCUT2D eigenvalue weighted by atomic mass is 10.2. The summed E-state index contributed by atoms with van der Waals surface area (Å²) in [5.41, 5.74) is 4.02. The average Bonchev–Trinajstić information content (AvgIpc) is 3.23. The molecular formula is C20H15ClN4. The molecule has 0 bridgehead atoms. The fraction of sp³-hybridized carbons (Fsp3) is 0.100. The summed E-state index contributed by atoms with van der Waals surface area (Å²) >= 11 is 6.40. The highest BCUT2D eigenvalue weighted by Crippen LogP contribution is 2.32. The van der Waals surface area contributed by atoms with Crippen LogP contribution in [0, 0.1) is 0 Å². The number of fused-ring (bicyclic) bond motifs is 4. The molecule has 0 saturated heterocycles. The minimum atomic E-state index is -0.195. The van der Waals surface area contributed by atoms with Crippen LogP contribution in [0.4, 0.5) is 0 Å². The lowest BCUT2D eigenvalue weighted by Gasteiger charge is -2.18. The van der Waals surface area contributed by atoms with E-state index in [1.54, 1.807) is 4.80 Å². The number of para-hydroxylation sites is 2. The highest BCUT2D eigenvalue weighted by molar-refractivity contribution is 6.18. The van der Waals surface area contributed by atoms with Crippen LogP contribution in [-0.2, 0) is 0 Å². The van der Waals surface area contributed by atoms with Crippen molar-refractivity contribution in [2.45, 2.75) is 6.17 Å². The van der Waals surface area contributed by atoms with Crippen molar-refractivity contribution in [3.63, 3.8) is 0 Å². The van der Waals surface area contributed by atoms with E-state index in [-0.39, 0.29) is 6.17 Å². The molecular weight excluding hydrogens is 332 g/mol. The fourth-order valence-corrected chi connectivity index (χ4v) is 3.78. The summed E-state index contributed by atoms with van der Waals surface area (Å²) in [6, 6.07) is 24.6. The van der Waals surface area contributed by atoms with Crippen molar-refractivity contribution in [3.05, 3.63) is 72.8 Å². The Balaban J connectivity index is 1.82. The van der Waals surface area contributed by atoms with E-state index in [4.69, 9.17) is 11.6 Å². The topological polar surface area (TPSA) is 35.6 Å². The van der Waals surface area contributed by atoms with E-state index < -0.39 is 0 Å².